The molecule has 2 aromatic carbocycles. The van der Waals surface area contributed by atoms with E-state index in [1.807, 2.05) is 24.3 Å². The van der Waals surface area contributed by atoms with E-state index in [1.165, 1.54) is 0 Å². The normalized spacial score (nSPS) is 9.81. The maximum Gasteiger partial charge on any atom is 0.165 e. The molecule has 0 aliphatic heterocycles. The van der Waals surface area contributed by atoms with Crippen LogP contribution in [0.25, 0.3) is 0 Å². The Morgan fingerprint density at radius 2 is 2.00 bits per heavy atom. The first-order valence-corrected chi connectivity index (χ1v) is 6.70. The van der Waals surface area contributed by atoms with Crippen molar-refractivity contribution in [2.45, 2.75) is 6.54 Å². The zero-order valence-electron chi connectivity index (χ0n) is 11.8. The molecule has 0 aliphatic rings. The average molecular weight is 303 g/mol. The van der Waals surface area contributed by atoms with Gasteiger partial charge in [-0.15, -0.1) is 0 Å². The molecule has 0 heterocycles. The molecule has 0 bridgehead atoms. The Labute approximate surface area is 128 Å². The van der Waals surface area contributed by atoms with E-state index in [9.17, 15) is 0 Å². The number of nitriles is 1. The van der Waals surface area contributed by atoms with E-state index in [2.05, 4.69) is 11.4 Å². The summed E-state index contributed by atoms with van der Waals surface area (Å²) in [5, 5.41) is 12.7. The standard InChI is InChI=1S/C16H15ClN2O2/c1-20-15-5-3-4-11(16(15)21-2)10-19-13-6-7-14(17)12(8-13)9-18/h3-8,19H,10H2,1-2H3. The van der Waals surface area contributed by atoms with Gasteiger partial charge in [-0.05, 0) is 24.3 Å². The topological polar surface area (TPSA) is 54.3 Å². The molecule has 0 spiro atoms. The Morgan fingerprint density at radius 1 is 1.19 bits per heavy atom. The molecule has 108 valence electrons. The van der Waals surface area contributed by atoms with Crippen molar-refractivity contribution in [3.8, 4) is 17.6 Å². The van der Waals surface area contributed by atoms with Crippen molar-refractivity contribution in [2.75, 3.05) is 19.5 Å². The number of hydrogen-bond donors (Lipinski definition) is 1. The molecule has 0 aliphatic carbocycles. The molecule has 0 unspecified atom stereocenters. The highest BCUT2D eigenvalue weighted by molar-refractivity contribution is 6.31. The summed E-state index contributed by atoms with van der Waals surface area (Å²) in [5.41, 5.74) is 2.23. The lowest BCUT2D eigenvalue weighted by atomic mass is 10.1. The molecule has 1 N–H and O–H groups in total. The van der Waals surface area contributed by atoms with Crippen LogP contribution in [0.2, 0.25) is 5.02 Å². The number of rotatable bonds is 5. The second-order valence-electron chi connectivity index (χ2n) is 4.31. The smallest absolute Gasteiger partial charge is 0.165 e. The first-order chi connectivity index (χ1) is 10.2. The van der Waals surface area contributed by atoms with Crippen LogP contribution in [0.4, 0.5) is 5.69 Å². The van der Waals surface area contributed by atoms with Gasteiger partial charge in [0.25, 0.3) is 0 Å². The summed E-state index contributed by atoms with van der Waals surface area (Å²) in [6, 6.07) is 13.0. The van der Waals surface area contributed by atoms with Crippen molar-refractivity contribution >= 4 is 17.3 Å². The minimum Gasteiger partial charge on any atom is -0.493 e. The molecule has 0 radical (unpaired) electrons. The molecule has 0 aromatic heterocycles. The van der Waals surface area contributed by atoms with E-state index >= 15 is 0 Å². The SMILES string of the molecule is COc1cccc(CNc2ccc(Cl)c(C#N)c2)c1OC. The first-order valence-electron chi connectivity index (χ1n) is 6.33. The van der Waals surface area contributed by atoms with Gasteiger partial charge in [-0.1, -0.05) is 23.7 Å². The van der Waals surface area contributed by atoms with Gasteiger partial charge in [-0.25, -0.2) is 0 Å². The number of anilines is 1. The van der Waals surface area contributed by atoms with Crippen molar-refractivity contribution in [3.05, 3.63) is 52.5 Å². The van der Waals surface area contributed by atoms with Crippen molar-refractivity contribution in [2.24, 2.45) is 0 Å². The lowest BCUT2D eigenvalue weighted by Gasteiger charge is -2.14. The monoisotopic (exact) mass is 302 g/mol. The summed E-state index contributed by atoms with van der Waals surface area (Å²) < 4.78 is 10.6. The van der Waals surface area contributed by atoms with Gasteiger partial charge in [0.2, 0.25) is 0 Å². The van der Waals surface area contributed by atoms with Gasteiger partial charge in [-0.3, -0.25) is 0 Å². The van der Waals surface area contributed by atoms with Crippen LogP contribution >= 0.6 is 11.6 Å². The third-order valence-corrected chi connectivity index (χ3v) is 3.38. The summed E-state index contributed by atoms with van der Waals surface area (Å²) in [4.78, 5) is 0. The van der Waals surface area contributed by atoms with E-state index in [-0.39, 0.29) is 0 Å². The van der Waals surface area contributed by atoms with Gasteiger partial charge in [-0.2, -0.15) is 5.26 Å². The fourth-order valence-electron chi connectivity index (χ4n) is 2.01. The van der Waals surface area contributed by atoms with E-state index in [0.29, 0.717) is 28.6 Å². The van der Waals surface area contributed by atoms with Crippen LogP contribution in [-0.2, 0) is 6.54 Å². The highest BCUT2D eigenvalue weighted by Gasteiger charge is 2.09. The second-order valence-corrected chi connectivity index (χ2v) is 4.72. The number of methoxy groups -OCH3 is 2. The molecule has 2 rings (SSSR count). The fourth-order valence-corrected chi connectivity index (χ4v) is 2.17. The zero-order chi connectivity index (χ0) is 15.2. The maximum absolute atomic E-state index is 8.98. The lowest BCUT2D eigenvalue weighted by molar-refractivity contribution is 0.352. The summed E-state index contributed by atoms with van der Waals surface area (Å²) in [6.07, 6.45) is 0. The quantitative estimate of drug-likeness (QED) is 0.911. The number of benzene rings is 2. The summed E-state index contributed by atoms with van der Waals surface area (Å²) in [5.74, 6) is 1.38. The fraction of sp³-hybridized carbons (Fsp3) is 0.188. The Hall–Kier alpha value is -2.38. The van der Waals surface area contributed by atoms with Crippen LogP contribution < -0.4 is 14.8 Å². The maximum atomic E-state index is 8.98. The van der Waals surface area contributed by atoms with Crippen LogP contribution in [0.1, 0.15) is 11.1 Å². The van der Waals surface area contributed by atoms with Crippen LogP contribution in [0.15, 0.2) is 36.4 Å². The van der Waals surface area contributed by atoms with Crippen molar-refractivity contribution in [1.29, 1.82) is 5.26 Å². The number of halogens is 1. The van der Waals surface area contributed by atoms with E-state index < -0.39 is 0 Å². The largest absolute Gasteiger partial charge is 0.493 e. The molecular formula is C16H15ClN2O2. The van der Waals surface area contributed by atoms with E-state index in [1.54, 1.807) is 26.4 Å². The molecule has 0 fully saturated rings. The molecule has 4 nitrogen and oxygen atoms in total. The molecular weight excluding hydrogens is 288 g/mol. The molecule has 0 amide bonds. The number of ether oxygens (including phenoxy) is 2. The third kappa shape index (κ3) is 3.39. The highest BCUT2D eigenvalue weighted by atomic mass is 35.5. The van der Waals surface area contributed by atoms with Gasteiger partial charge in [0.05, 0.1) is 24.8 Å². The molecule has 2 aromatic rings. The summed E-state index contributed by atoms with van der Waals surface area (Å²) in [7, 11) is 3.21. The number of para-hydroxylation sites is 1. The van der Waals surface area contributed by atoms with Crippen LogP contribution in [0.5, 0.6) is 11.5 Å². The van der Waals surface area contributed by atoms with E-state index in [4.69, 9.17) is 26.3 Å². The highest BCUT2D eigenvalue weighted by Crippen LogP contribution is 2.31. The minimum atomic E-state index is 0.444. The molecule has 0 saturated heterocycles. The lowest BCUT2D eigenvalue weighted by Crippen LogP contribution is -2.03. The zero-order valence-corrected chi connectivity index (χ0v) is 12.6. The number of nitrogens with zero attached hydrogens (tertiary/aromatic N) is 1. The number of hydrogen-bond acceptors (Lipinski definition) is 4. The van der Waals surface area contributed by atoms with E-state index in [0.717, 1.165) is 11.3 Å². The molecule has 21 heavy (non-hydrogen) atoms. The van der Waals surface area contributed by atoms with Gasteiger partial charge >= 0.3 is 0 Å². The van der Waals surface area contributed by atoms with Crippen LogP contribution in [0.3, 0.4) is 0 Å². The molecule has 5 heteroatoms. The summed E-state index contributed by atoms with van der Waals surface area (Å²) in [6.45, 7) is 0.548. The Morgan fingerprint density at radius 3 is 2.67 bits per heavy atom. The third-order valence-electron chi connectivity index (χ3n) is 3.05. The second kappa shape index (κ2) is 6.87. The predicted molar refractivity (Wildman–Crippen MR) is 83.0 cm³/mol. The Bertz CT molecular complexity index is 680. The van der Waals surface area contributed by atoms with Crippen molar-refractivity contribution in [3.63, 3.8) is 0 Å². The predicted octanol–water partition coefficient (Wildman–Crippen LogP) is 3.84. The first kappa shape index (κ1) is 15.0. The van der Waals surface area contributed by atoms with Crippen LogP contribution in [0, 0.1) is 11.3 Å². The Kier molecular flexibility index (Phi) is 4.91. The van der Waals surface area contributed by atoms with Crippen molar-refractivity contribution in [1.82, 2.24) is 0 Å². The minimum absolute atomic E-state index is 0.444. The van der Waals surface area contributed by atoms with Crippen molar-refractivity contribution < 1.29 is 9.47 Å². The molecule has 0 atom stereocenters. The van der Waals surface area contributed by atoms with Gasteiger partial charge in [0.1, 0.15) is 6.07 Å². The van der Waals surface area contributed by atoms with Crippen LogP contribution in [-0.4, -0.2) is 14.2 Å². The van der Waals surface area contributed by atoms with Gasteiger partial charge < -0.3 is 14.8 Å². The molecule has 0 saturated carbocycles. The average Bonchev–Trinajstić information content (AvgIpc) is 2.53. The van der Waals surface area contributed by atoms with Gasteiger partial charge in [0.15, 0.2) is 11.5 Å². The van der Waals surface area contributed by atoms with Gasteiger partial charge in [0, 0.05) is 17.8 Å². The Balaban J connectivity index is 2.19. The summed E-state index contributed by atoms with van der Waals surface area (Å²) >= 11 is 5.91. The number of nitrogens with one attached hydrogen (secondary N) is 1.